The Hall–Kier alpha value is -3.26. The maximum atomic E-state index is 12.9. The Morgan fingerprint density at radius 3 is 2.15 bits per heavy atom. The van der Waals surface area contributed by atoms with Crippen LogP contribution in [0.15, 0.2) is 23.3 Å². The fraction of sp³-hybridized carbons (Fsp3) is 0.640. The van der Waals surface area contributed by atoms with Gasteiger partial charge in [0.15, 0.2) is 0 Å². The molecule has 0 aliphatic carbocycles. The molecule has 0 bridgehead atoms. The molecule has 0 saturated carbocycles. The first-order chi connectivity index (χ1) is 19.1. The van der Waals surface area contributed by atoms with Crippen LogP contribution in [0.1, 0.15) is 28.8 Å². The second-order valence-corrected chi connectivity index (χ2v) is 8.67. The molecule has 0 aromatic heterocycles. The minimum atomic E-state index is -0.634. The average Bonchev–Trinajstić information content (AvgIpc) is 3.26. The Balaban J connectivity index is 1.18. The van der Waals surface area contributed by atoms with Gasteiger partial charge in [-0.05, 0) is 24.1 Å². The van der Waals surface area contributed by atoms with Crippen molar-refractivity contribution in [2.45, 2.75) is 25.4 Å². The monoisotopic (exact) mass is 548 g/mol. The van der Waals surface area contributed by atoms with E-state index in [1.54, 1.807) is 12.1 Å². The number of rotatable bonds is 20. The van der Waals surface area contributed by atoms with Gasteiger partial charge in [-0.25, -0.2) is 0 Å². The fourth-order valence-corrected chi connectivity index (χ4v) is 4.14. The smallest absolute Gasteiger partial charge is 0.255 e. The SMILES string of the molecule is [N-]=[N+]=NCCOCCOCCOCCOCCOCCNc1cccc2c1CN(C1CCC(=O)NC1=O)C2=O. The van der Waals surface area contributed by atoms with Gasteiger partial charge in [0.1, 0.15) is 6.04 Å². The molecule has 2 N–H and O–H groups in total. The summed E-state index contributed by atoms with van der Waals surface area (Å²) >= 11 is 0. The topological polar surface area (TPSA) is 173 Å². The lowest BCUT2D eigenvalue weighted by molar-refractivity contribution is -0.136. The molecule has 39 heavy (non-hydrogen) atoms. The Labute approximate surface area is 226 Å². The van der Waals surface area contributed by atoms with Crippen molar-refractivity contribution in [3.05, 3.63) is 39.8 Å². The second-order valence-electron chi connectivity index (χ2n) is 8.67. The van der Waals surface area contributed by atoms with Gasteiger partial charge in [-0.2, -0.15) is 0 Å². The molecule has 14 heteroatoms. The number of ether oxygens (including phenoxy) is 5. The van der Waals surface area contributed by atoms with Crippen molar-refractivity contribution >= 4 is 23.4 Å². The molecule has 14 nitrogen and oxygen atoms in total. The number of imide groups is 1. The third-order valence-corrected chi connectivity index (χ3v) is 6.03. The zero-order valence-corrected chi connectivity index (χ0v) is 22.0. The first-order valence-electron chi connectivity index (χ1n) is 13.0. The number of carbonyl (C=O) groups excluding carboxylic acids is 3. The van der Waals surface area contributed by atoms with Crippen LogP contribution in [0, 0.1) is 0 Å². The molecule has 1 aromatic carbocycles. The van der Waals surface area contributed by atoms with E-state index in [0.717, 1.165) is 11.3 Å². The van der Waals surface area contributed by atoms with Gasteiger partial charge in [0.25, 0.3) is 5.91 Å². The van der Waals surface area contributed by atoms with Crippen molar-refractivity contribution in [2.24, 2.45) is 5.11 Å². The number of anilines is 1. The van der Waals surface area contributed by atoms with Crippen molar-refractivity contribution in [1.82, 2.24) is 10.2 Å². The molecule has 3 amide bonds. The molecule has 1 saturated heterocycles. The number of nitrogens with zero attached hydrogens (tertiary/aromatic N) is 4. The Morgan fingerprint density at radius 2 is 1.54 bits per heavy atom. The highest BCUT2D eigenvalue weighted by molar-refractivity contribution is 6.06. The summed E-state index contributed by atoms with van der Waals surface area (Å²) in [4.78, 5) is 40.8. The lowest BCUT2D eigenvalue weighted by Crippen LogP contribution is -2.52. The van der Waals surface area contributed by atoms with Gasteiger partial charge in [0.2, 0.25) is 11.8 Å². The van der Waals surface area contributed by atoms with Gasteiger partial charge in [0.05, 0.1) is 66.1 Å². The molecule has 2 heterocycles. The van der Waals surface area contributed by atoms with Crippen molar-refractivity contribution in [3.63, 3.8) is 0 Å². The molecule has 214 valence electrons. The van der Waals surface area contributed by atoms with Crippen LogP contribution in [-0.4, -0.2) is 108 Å². The normalized spacial score (nSPS) is 16.7. The predicted molar refractivity (Wildman–Crippen MR) is 139 cm³/mol. The van der Waals surface area contributed by atoms with Crippen LogP contribution in [0.4, 0.5) is 5.69 Å². The third-order valence-electron chi connectivity index (χ3n) is 6.03. The molecule has 1 atom stereocenters. The molecule has 3 rings (SSSR count). The second kappa shape index (κ2) is 17.4. The molecule has 1 fully saturated rings. The van der Waals surface area contributed by atoms with Crippen molar-refractivity contribution in [2.75, 3.05) is 84.5 Å². The molecule has 2 aliphatic heterocycles. The lowest BCUT2D eigenvalue weighted by Gasteiger charge is -2.29. The number of fused-ring (bicyclic) bond motifs is 1. The number of amides is 3. The fourth-order valence-electron chi connectivity index (χ4n) is 4.14. The van der Waals surface area contributed by atoms with Crippen LogP contribution in [0.3, 0.4) is 0 Å². The number of benzene rings is 1. The summed E-state index contributed by atoms with van der Waals surface area (Å²) in [5, 5.41) is 8.99. The number of carbonyl (C=O) groups is 3. The summed E-state index contributed by atoms with van der Waals surface area (Å²) < 4.78 is 27.1. The summed E-state index contributed by atoms with van der Waals surface area (Å²) in [5.41, 5.74) is 10.4. The van der Waals surface area contributed by atoms with Crippen LogP contribution in [-0.2, 0) is 39.8 Å². The largest absolute Gasteiger partial charge is 0.382 e. The van der Waals surface area contributed by atoms with E-state index in [-0.39, 0.29) is 18.2 Å². The van der Waals surface area contributed by atoms with Crippen LogP contribution < -0.4 is 10.6 Å². The van der Waals surface area contributed by atoms with Crippen LogP contribution >= 0.6 is 0 Å². The van der Waals surface area contributed by atoms with E-state index in [4.69, 9.17) is 29.2 Å². The standard InChI is InChI=1S/C25H36N6O8/c26-30-28-7-9-36-11-13-38-15-17-39-16-14-37-12-10-35-8-6-27-21-3-1-2-19-20(21)18-31(25(19)34)22-4-5-23(32)29-24(22)33/h1-3,22,27H,4-18H2,(H,29,32,33). The minimum Gasteiger partial charge on any atom is -0.382 e. The minimum absolute atomic E-state index is 0.196. The van der Waals surface area contributed by atoms with Gasteiger partial charge in [-0.1, -0.05) is 11.2 Å². The van der Waals surface area contributed by atoms with E-state index in [1.807, 2.05) is 6.07 Å². The van der Waals surface area contributed by atoms with Gasteiger partial charge >= 0.3 is 0 Å². The predicted octanol–water partition coefficient (Wildman–Crippen LogP) is 1.25. The highest BCUT2D eigenvalue weighted by atomic mass is 16.6. The Morgan fingerprint density at radius 1 is 0.923 bits per heavy atom. The zero-order valence-electron chi connectivity index (χ0n) is 22.0. The van der Waals surface area contributed by atoms with Crippen molar-refractivity contribution < 1.29 is 38.1 Å². The summed E-state index contributed by atoms with van der Waals surface area (Å²) in [6, 6.07) is 4.83. The third kappa shape index (κ3) is 10.1. The summed E-state index contributed by atoms with van der Waals surface area (Å²) in [6.07, 6.45) is 0.563. The maximum absolute atomic E-state index is 12.9. The molecular formula is C25H36N6O8. The Bertz CT molecular complexity index is 1000. The Kier molecular flexibility index (Phi) is 13.5. The number of hydrogen-bond donors (Lipinski definition) is 2. The van der Waals surface area contributed by atoms with E-state index >= 15 is 0 Å². The number of nitrogens with one attached hydrogen (secondary N) is 2. The zero-order chi connectivity index (χ0) is 27.7. The van der Waals surface area contributed by atoms with Gasteiger partial charge in [-0.15, -0.1) is 0 Å². The van der Waals surface area contributed by atoms with E-state index in [0.29, 0.717) is 97.7 Å². The highest BCUT2D eigenvalue weighted by Gasteiger charge is 2.39. The highest BCUT2D eigenvalue weighted by Crippen LogP contribution is 2.32. The molecule has 0 radical (unpaired) electrons. The van der Waals surface area contributed by atoms with Crippen molar-refractivity contribution in [1.29, 1.82) is 0 Å². The van der Waals surface area contributed by atoms with Crippen molar-refractivity contribution in [3.8, 4) is 0 Å². The average molecular weight is 549 g/mol. The summed E-state index contributed by atoms with van der Waals surface area (Å²) in [6.45, 7) is 5.65. The van der Waals surface area contributed by atoms with E-state index < -0.39 is 11.9 Å². The summed E-state index contributed by atoms with van der Waals surface area (Å²) in [5.74, 6) is -0.919. The molecule has 1 unspecified atom stereocenters. The van der Waals surface area contributed by atoms with Gasteiger partial charge in [0, 0.05) is 47.8 Å². The van der Waals surface area contributed by atoms with Gasteiger partial charge in [-0.3, -0.25) is 19.7 Å². The molecular weight excluding hydrogens is 512 g/mol. The number of hydrogen-bond acceptors (Lipinski definition) is 10. The number of piperidine rings is 1. The van der Waals surface area contributed by atoms with Gasteiger partial charge < -0.3 is 33.9 Å². The van der Waals surface area contributed by atoms with E-state index in [1.165, 1.54) is 4.90 Å². The molecule has 1 aromatic rings. The first kappa shape index (κ1) is 30.3. The van der Waals surface area contributed by atoms with E-state index in [2.05, 4.69) is 20.7 Å². The van der Waals surface area contributed by atoms with Crippen LogP contribution in [0.2, 0.25) is 0 Å². The van der Waals surface area contributed by atoms with Crippen LogP contribution in [0.25, 0.3) is 10.4 Å². The maximum Gasteiger partial charge on any atom is 0.255 e. The quantitative estimate of drug-likeness (QED) is 0.0799. The molecule has 0 spiro atoms. The lowest BCUT2D eigenvalue weighted by atomic mass is 10.0. The van der Waals surface area contributed by atoms with Crippen LogP contribution in [0.5, 0.6) is 0 Å². The number of azide groups is 1. The summed E-state index contributed by atoms with van der Waals surface area (Å²) in [7, 11) is 0. The first-order valence-corrected chi connectivity index (χ1v) is 13.0. The molecule has 2 aliphatic rings. The van der Waals surface area contributed by atoms with E-state index in [9.17, 15) is 14.4 Å².